The normalized spacial score (nSPS) is 21.9. The summed E-state index contributed by atoms with van der Waals surface area (Å²) < 4.78 is 32.2. The zero-order valence-corrected chi connectivity index (χ0v) is 19.4. The van der Waals surface area contributed by atoms with Gasteiger partial charge in [0.05, 0.1) is 24.5 Å². The standard InChI is InChI=1S/C16H28N4O3S2.HI/c1-4-17-16(19-10-15-6-5-8-24-15)18-7-9-25(21,22)20-11-13(2)23-14(3)12-20;/h5-6,8,13-14H,4,7,9-12H2,1-3H3,(H2,17,18,19);1H. The minimum Gasteiger partial charge on any atom is -0.373 e. The Bertz CT molecular complexity index is 642. The summed E-state index contributed by atoms with van der Waals surface area (Å²) in [6.45, 7) is 8.24. The molecule has 1 aliphatic rings. The molecule has 2 heterocycles. The Morgan fingerprint density at radius 2 is 2.04 bits per heavy atom. The van der Waals surface area contributed by atoms with Gasteiger partial charge in [-0.3, -0.25) is 0 Å². The molecule has 0 amide bonds. The zero-order chi connectivity index (χ0) is 18.3. The number of nitrogens with one attached hydrogen (secondary N) is 2. The first-order valence-corrected chi connectivity index (χ1v) is 11.1. The average molecular weight is 516 g/mol. The first kappa shape index (κ1) is 23.6. The molecule has 1 fully saturated rings. The summed E-state index contributed by atoms with van der Waals surface area (Å²) in [6, 6.07) is 4.02. The van der Waals surface area contributed by atoms with Crippen molar-refractivity contribution in [3.05, 3.63) is 22.4 Å². The summed E-state index contributed by atoms with van der Waals surface area (Å²) in [7, 11) is -3.31. The number of sulfonamides is 1. The summed E-state index contributed by atoms with van der Waals surface area (Å²) >= 11 is 1.65. The number of hydrogen-bond acceptors (Lipinski definition) is 5. The molecule has 0 aromatic carbocycles. The highest BCUT2D eigenvalue weighted by atomic mass is 127. The fourth-order valence-corrected chi connectivity index (χ4v) is 4.81. The number of morpholine rings is 1. The van der Waals surface area contributed by atoms with Gasteiger partial charge in [0.1, 0.15) is 0 Å². The second kappa shape index (κ2) is 11.4. The van der Waals surface area contributed by atoms with E-state index >= 15 is 0 Å². The molecule has 2 N–H and O–H groups in total. The molecule has 2 atom stereocenters. The third-order valence-corrected chi connectivity index (χ3v) is 6.42. The van der Waals surface area contributed by atoms with Gasteiger partial charge in [0.15, 0.2) is 5.96 Å². The second-order valence-electron chi connectivity index (χ2n) is 6.09. The van der Waals surface area contributed by atoms with E-state index in [-0.39, 0.29) is 41.9 Å². The zero-order valence-electron chi connectivity index (χ0n) is 15.5. The quantitative estimate of drug-likeness (QED) is 0.329. The minimum absolute atomic E-state index is 0. The van der Waals surface area contributed by atoms with Crippen molar-refractivity contribution in [2.75, 3.05) is 31.9 Å². The lowest BCUT2D eigenvalue weighted by Crippen LogP contribution is -2.50. The smallest absolute Gasteiger partial charge is 0.216 e. The summed E-state index contributed by atoms with van der Waals surface area (Å²) in [5, 5.41) is 8.26. The van der Waals surface area contributed by atoms with Crippen LogP contribution in [-0.4, -0.2) is 62.8 Å². The minimum atomic E-state index is -3.31. The van der Waals surface area contributed by atoms with Crippen LogP contribution in [0.25, 0.3) is 0 Å². The lowest BCUT2D eigenvalue weighted by molar-refractivity contribution is -0.0440. The molecule has 0 saturated carbocycles. The molecule has 2 unspecified atom stereocenters. The number of hydrogen-bond donors (Lipinski definition) is 2. The van der Waals surface area contributed by atoms with Gasteiger partial charge in [-0.25, -0.2) is 13.4 Å². The van der Waals surface area contributed by atoms with Gasteiger partial charge in [0.2, 0.25) is 10.0 Å². The Morgan fingerprint density at radius 3 is 2.62 bits per heavy atom. The van der Waals surface area contributed by atoms with Crippen LogP contribution in [0.15, 0.2) is 22.5 Å². The molecule has 1 saturated heterocycles. The van der Waals surface area contributed by atoms with E-state index in [1.807, 2.05) is 38.3 Å². The van der Waals surface area contributed by atoms with Gasteiger partial charge < -0.3 is 15.4 Å². The molecule has 0 spiro atoms. The Balaban J connectivity index is 0.00000338. The van der Waals surface area contributed by atoms with E-state index < -0.39 is 10.0 Å². The molecule has 0 radical (unpaired) electrons. The van der Waals surface area contributed by atoms with Crippen molar-refractivity contribution < 1.29 is 13.2 Å². The van der Waals surface area contributed by atoms with E-state index in [0.29, 0.717) is 32.1 Å². The number of rotatable bonds is 7. The van der Waals surface area contributed by atoms with Gasteiger partial charge in [-0.1, -0.05) is 6.07 Å². The Labute approximate surface area is 177 Å². The molecule has 1 aliphatic heterocycles. The fraction of sp³-hybridized carbons (Fsp3) is 0.688. The first-order chi connectivity index (χ1) is 11.9. The summed E-state index contributed by atoms with van der Waals surface area (Å²) in [6.07, 6.45) is -0.146. The van der Waals surface area contributed by atoms with Crippen LogP contribution in [0.3, 0.4) is 0 Å². The highest BCUT2D eigenvalue weighted by Crippen LogP contribution is 2.14. The number of aliphatic imine (C=N–C) groups is 1. The molecule has 1 aromatic heterocycles. The molecule has 150 valence electrons. The number of ether oxygens (including phenoxy) is 1. The van der Waals surface area contributed by atoms with Crippen molar-refractivity contribution in [2.24, 2.45) is 4.99 Å². The molecule has 0 bridgehead atoms. The lowest BCUT2D eigenvalue weighted by atomic mass is 10.3. The number of nitrogens with zero attached hydrogens (tertiary/aromatic N) is 2. The van der Waals surface area contributed by atoms with Crippen LogP contribution in [0.4, 0.5) is 0 Å². The van der Waals surface area contributed by atoms with Crippen molar-refractivity contribution in [2.45, 2.75) is 39.5 Å². The second-order valence-corrected chi connectivity index (χ2v) is 9.21. The van der Waals surface area contributed by atoms with Gasteiger partial charge in [-0.05, 0) is 32.2 Å². The average Bonchev–Trinajstić information content (AvgIpc) is 3.05. The number of guanidine groups is 1. The van der Waals surface area contributed by atoms with Crippen LogP contribution in [0.5, 0.6) is 0 Å². The predicted molar refractivity (Wildman–Crippen MR) is 118 cm³/mol. The summed E-state index contributed by atoms with van der Waals surface area (Å²) in [4.78, 5) is 5.66. The van der Waals surface area contributed by atoms with Gasteiger partial charge >= 0.3 is 0 Å². The predicted octanol–water partition coefficient (Wildman–Crippen LogP) is 1.86. The number of thiophene rings is 1. The summed E-state index contributed by atoms with van der Waals surface area (Å²) in [5.74, 6) is 0.672. The molecular formula is C16H29IN4O3S2. The van der Waals surface area contributed by atoms with Crippen LogP contribution >= 0.6 is 35.3 Å². The van der Waals surface area contributed by atoms with E-state index in [1.54, 1.807) is 11.3 Å². The topological polar surface area (TPSA) is 83.0 Å². The monoisotopic (exact) mass is 516 g/mol. The Hall–Kier alpha value is -0.430. The van der Waals surface area contributed by atoms with Gasteiger partial charge in [-0.2, -0.15) is 4.31 Å². The van der Waals surface area contributed by atoms with Crippen LogP contribution < -0.4 is 10.6 Å². The van der Waals surface area contributed by atoms with E-state index in [1.165, 1.54) is 9.18 Å². The van der Waals surface area contributed by atoms with Crippen LogP contribution in [0, 0.1) is 0 Å². The maximum absolute atomic E-state index is 12.5. The van der Waals surface area contributed by atoms with Crippen molar-refractivity contribution in [1.29, 1.82) is 0 Å². The summed E-state index contributed by atoms with van der Waals surface area (Å²) in [5.41, 5.74) is 0. The van der Waals surface area contributed by atoms with Crippen LogP contribution in [0.1, 0.15) is 25.6 Å². The Morgan fingerprint density at radius 1 is 1.35 bits per heavy atom. The maximum atomic E-state index is 12.5. The molecule has 7 nitrogen and oxygen atoms in total. The number of halogens is 1. The lowest BCUT2D eigenvalue weighted by Gasteiger charge is -2.34. The third kappa shape index (κ3) is 7.67. The van der Waals surface area contributed by atoms with Crippen LogP contribution in [0.2, 0.25) is 0 Å². The molecule has 26 heavy (non-hydrogen) atoms. The third-order valence-electron chi connectivity index (χ3n) is 3.75. The largest absolute Gasteiger partial charge is 0.373 e. The van der Waals surface area contributed by atoms with Crippen molar-refractivity contribution in [3.63, 3.8) is 0 Å². The molecule has 2 rings (SSSR count). The van der Waals surface area contributed by atoms with E-state index in [0.717, 1.165) is 6.54 Å². The molecule has 0 aliphatic carbocycles. The van der Waals surface area contributed by atoms with Crippen LogP contribution in [-0.2, 0) is 21.3 Å². The van der Waals surface area contributed by atoms with E-state index in [2.05, 4.69) is 15.6 Å². The fourth-order valence-electron chi connectivity index (χ4n) is 2.69. The Kier molecular flexibility index (Phi) is 10.4. The molecule has 1 aromatic rings. The van der Waals surface area contributed by atoms with Gasteiger partial charge in [-0.15, -0.1) is 35.3 Å². The van der Waals surface area contributed by atoms with E-state index in [9.17, 15) is 8.42 Å². The van der Waals surface area contributed by atoms with Gasteiger partial charge in [0.25, 0.3) is 0 Å². The maximum Gasteiger partial charge on any atom is 0.216 e. The van der Waals surface area contributed by atoms with E-state index in [4.69, 9.17) is 4.74 Å². The molecular weight excluding hydrogens is 487 g/mol. The first-order valence-electron chi connectivity index (χ1n) is 8.58. The van der Waals surface area contributed by atoms with Gasteiger partial charge in [0, 0.05) is 31.1 Å². The molecule has 10 heteroatoms. The van der Waals surface area contributed by atoms with Crippen molar-refractivity contribution in [3.8, 4) is 0 Å². The highest BCUT2D eigenvalue weighted by molar-refractivity contribution is 14.0. The van der Waals surface area contributed by atoms with Crippen molar-refractivity contribution >= 4 is 51.3 Å². The SMILES string of the molecule is CCNC(=NCc1cccs1)NCCS(=O)(=O)N1CC(C)OC(C)C1.I. The highest BCUT2D eigenvalue weighted by Gasteiger charge is 2.30. The van der Waals surface area contributed by atoms with Crippen molar-refractivity contribution in [1.82, 2.24) is 14.9 Å².